The van der Waals surface area contributed by atoms with E-state index in [9.17, 15) is 5.11 Å². The molecular weight excluding hydrogens is 532 g/mol. The summed E-state index contributed by atoms with van der Waals surface area (Å²) in [7, 11) is 2.19. The zero-order chi connectivity index (χ0) is 22.6. The Labute approximate surface area is 209 Å². The molecule has 32 heavy (non-hydrogen) atoms. The Morgan fingerprint density at radius 3 is 2.22 bits per heavy atom. The van der Waals surface area contributed by atoms with Crippen LogP contribution in [-0.4, -0.2) is 53.7 Å². The minimum atomic E-state index is -0.562. The van der Waals surface area contributed by atoms with Gasteiger partial charge in [-0.3, -0.25) is 4.90 Å². The van der Waals surface area contributed by atoms with Crippen LogP contribution in [0.15, 0.2) is 51.4 Å². The van der Waals surface area contributed by atoms with Crippen molar-refractivity contribution < 1.29 is 9.84 Å². The number of benzene rings is 2. The van der Waals surface area contributed by atoms with Crippen LogP contribution in [0.2, 0.25) is 0 Å². The molecule has 1 saturated heterocycles. The maximum Gasteiger partial charge on any atom is 0.148 e. The van der Waals surface area contributed by atoms with Gasteiger partial charge in [0.15, 0.2) is 0 Å². The van der Waals surface area contributed by atoms with Crippen molar-refractivity contribution in [3.8, 4) is 5.75 Å². The highest BCUT2D eigenvalue weighted by Gasteiger charge is 2.36. The first-order valence-electron chi connectivity index (χ1n) is 11.7. The fourth-order valence-electron chi connectivity index (χ4n) is 5.00. The Morgan fingerprint density at radius 1 is 0.969 bits per heavy atom. The highest BCUT2D eigenvalue weighted by Crippen LogP contribution is 2.42. The normalized spacial score (nSPS) is 20.8. The molecule has 0 aromatic heterocycles. The molecule has 1 aliphatic carbocycles. The molecule has 0 bridgehead atoms. The minimum Gasteiger partial charge on any atom is -0.487 e. The number of ether oxygens (including phenoxy) is 1. The van der Waals surface area contributed by atoms with Crippen molar-refractivity contribution in [2.75, 3.05) is 33.2 Å². The summed E-state index contributed by atoms with van der Waals surface area (Å²) in [6.07, 6.45) is 6.12. The molecule has 1 aliphatic heterocycles. The van der Waals surface area contributed by atoms with Crippen molar-refractivity contribution >= 4 is 31.9 Å². The minimum absolute atomic E-state index is 0.197. The maximum atomic E-state index is 11.4. The largest absolute Gasteiger partial charge is 0.487 e. The van der Waals surface area contributed by atoms with Crippen LogP contribution in [0.4, 0.5) is 0 Å². The molecule has 2 aromatic rings. The van der Waals surface area contributed by atoms with Gasteiger partial charge in [-0.1, -0.05) is 49.6 Å². The van der Waals surface area contributed by atoms with E-state index in [0.717, 1.165) is 78.5 Å². The highest BCUT2D eigenvalue weighted by molar-refractivity contribution is 9.11. The molecule has 1 heterocycles. The molecule has 1 atom stereocenters. The van der Waals surface area contributed by atoms with E-state index in [4.69, 9.17) is 4.74 Å². The SMILES string of the molecule is CN1CCN(C(CC2(O)CCCCC2)c2cc(Br)c(OCc3ccccc3)c(Br)c2)CC1. The summed E-state index contributed by atoms with van der Waals surface area (Å²) in [6.45, 7) is 4.71. The number of nitrogens with zero attached hydrogens (tertiary/aromatic N) is 2. The first-order chi connectivity index (χ1) is 15.4. The smallest absolute Gasteiger partial charge is 0.148 e. The molecular formula is C26H34Br2N2O2. The van der Waals surface area contributed by atoms with Crippen molar-refractivity contribution in [1.29, 1.82) is 0 Å². The number of halogens is 2. The van der Waals surface area contributed by atoms with Gasteiger partial charge < -0.3 is 14.7 Å². The fraction of sp³-hybridized carbons (Fsp3) is 0.538. The second-order valence-electron chi connectivity index (χ2n) is 9.43. The van der Waals surface area contributed by atoms with Gasteiger partial charge in [-0.05, 0) is 81.4 Å². The van der Waals surface area contributed by atoms with Crippen molar-refractivity contribution in [2.24, 2.45) is 0 Å². The van der Waals surface area contributed by atoms with E-state index in [-0.39, 0.29) is 6.04 Å². The fourth-order valence-corrected chi connectivity index (χ4v) is 6.46. The maximum absolute atomic E-state index is 11.4. The average molecular weight is 566 g/mol. The first-order valence-corrected chi connectivity index (χ1v) is 13.3. The van der Waals surface area contributed by atoms with E-state index in [0.29, 0.717) is 6.61 Å². The Balaban J connectivity index is 1.57. The van der Waals surface area contributed by atoms with E-state index < -0.39 is 5.60 Å². The van der Waals surface area contributed by atoms with E-state index >= 15 is 0 Å². The lowest BCUT2D eigenvalue weighted by Gasteiger charge is -2.43. The summed E-state index contributed by atoms with van der Waals surface area (Å²) < 4.78 is 8.06. The molecule has 1 unspecified atom stereocenters. The van der Waals surface area contributed by atoms with E-state index in [1.54, 1.807) is 0 Å². The van der Waals surface area contributed by atoms with Gasteiger partial charge in [0.05, 0.1) is 14.5 Å². The first kappa shape index (κ1) is 24.2. The number of piperazine rings is 1. The zero-order valence-corrected chi connectivity index (χ0v) is 22.1. The number of hydrogen-bond donors (Lipinski definition) is 1. The average Bonchev–Trinajstić information content (AvgIpc) is 2.79. The van der Waals surface area contributed by atoms with Crippen molar-refractivity contribution in [3.05, 3.63) is 62.5 Å². The third-order valence-electron chi connectivity index (χ3n) is 6.97. The molecule has 1 N–H and O–H groups in total. The van der Waals surface area contributed by atoms with Crippen molar-refractivity contribution in [2.45, 2.75) is 56.8 Å². The molecule has 4 nitrogen and oxygen atoms in total. The molecule has 6 heteroatoms. The van der Waals surface area contributed by atoms with Crippen LogP contribution >= 0.6 is 31.9 Å². The van der Waals surface area contributed by atoms with E-state index in [1.165, 1.54) is 12.0 Å². The van der Waals surface area contributed by atoms with Crippen LogP contribution < -0.4 is 4.74 Å². The zero-order valence-electron chi connectivity index (χ0n) is 18.9. The summed E-state index contributed by atoms with van der Waals surface area (Å²) in [5.74, 6) is 0.825. The predicted molar refractivity (Wildman–Crippen MR) is 137 cm³/mol. The molecule has 2 fully saturated rings. The molecule has 2 aliphatic rings. The van der Waals surface area contributed by atoms with E-state index in [2.05, 4.69) is 73.0 Å². The molecule has 0 spiro atoms. The molecule has 174 valence electrons. The van der Waals surface area contributed by atoms with Crippen molar-refractivity contribution in [3.63, 3.8) is 0 Å². The van der Waals surface area contributed by atoms with E-state index in [1.807, 2.05) is 18.2 Å². The summed E-state index contributed by atoms with van der Waals surface area (Å²) >= 11 is 7.54. The van der Waals surface area contributed by atoms with Crippen LogP contribution in [0.1, 0.15) is 55.7 Å². The van der Waals surface area contributed by atoms with Crippen LogP contribution in [-0.2, 0) is 6.61 Å². The molecule has 0 radical (unpaired) electrons. The predicted octanol–water partition coefficient (Wildman–Crippen LogP) is 6.16. The number of hydrogen-bond acceptors (Lipinski definition) is 4. The van der Waals surface area contributed by atoms with Gasteiger partial charge in [0.25, 0.3) is 0 Å². The lowest BCUT2D eigenvalue weighted by molar-refractivity contribution is -0.0333. The van der Waals surface area contributed by atoms with Crippen LogP contribution in [0.5, 0.6) is 5.75 Å². The third-order valence-corrected chi connectivity index (χ3v) is 8.15. The van der Waals surface area contributed by atoms with Crippen LogP contribution in [0.3, 0.4) is 0 Å². The number of rotatable bonds is 7. The van der Waals surface area contributed by atoms with Crippen LogP contribution in [0, 0.1) is 0 Å². The van der Waals surface area contributed by atoms with Gasteiger partial charge in [0, 0.05) is 32.2 Å². The van der Waals surface area contributed by atoms with Gasteiger partial charge in [-0.2, -0.15) is 0 Å². The van der Waals surface area contributed by atoms with Gasteiger partial charge >= 0.3 is 0 Å². The van der Waals surface area contributed by atoms with Crippen LogP contribution in [0.25, 0.3) is 0 Å². The highest BCUT2D eigenvalue weighted by atomic mass is 79.9. The Bertz CT molecular complexity index is 856. The number of likely N-dealkylation sites (N-methyl/N-ethyl adjacent to an activating group) is 1. The molecule has 4 rings (SSSR count). The monoisotopic (exact) mass is 564 g/mol. The molecule has 1 saturated carbocycles. The Morgan fingerprint density at radius 2 is 1.59 bits per heavy atom. The summed E-state index contributed by atoms with van der Waals surface area (Å²) in [4.78, 5) is 4.94. The summed E-state index contributed by atoms with van der Waals surface area (Å²) in [5, 5.41) is 11.4. The van der Waals surface area contributed by atoms with Gasteiger partial charge in [-0.25, -0.2) is 0 Å². The van der Waals surface area contributed by atoms with Crippen molar-refractivity contribution in [1.82, 2.24) is 9.80 Å². The van der Waals surface area contributed by atoms with Gasteiger partial charge in [0.2, 0.25) is 0 Å². The number of aliphatic hydroxyl groups is 1. The molecule has 0 amide bonds. The second-order valence-corrected chi connectivity index (χ2v) is 11.1. The lowest BCUT2D eigenvalue weighted by Crippen LogP contribution is -2.48. The third kappa shape index (κ3) is 6.15. The quantitative estimate of drug-likeness (QED) is 0.436. The summed E-state index contributed by atoms with van der Waals surface area (Å²) in [5.41, 5.74) is 1.82. The Hall–Kier alpha value is -0.920. The lowest BCUT2D eigenvalue weighted by atomic mass is 9.79. The molecule has 2 aromatic carbocycles. The van der Waals surface area contributed by atoms with Gasteiger partial charge in [0.1, 0.15) is 12.4 Å². The topological polar surface area (TPSA) is 35.9 Å². The second kappa shape index (κ2) is 11.0. The van der Waals surface area contributed by atoms with Gasteiger partial charge in [-0.15, -0.1) is 0 Å². The summed E-state index contributed by atoms with van der Waals surface area (Å²) in [6, 6.07) is 14.8. The standard InChI is InChI=1S/C26H34Br2N2O2/c1-29-12-14-30(15-13-29)24(18-26(31)10-6-3-7-11-26)21-16-22(27)25(23(28)17-21)32-19-20-8-4-2-5-9-20/h2,4-5,8-9,16-17,24,31H,3,6-7,10-15,18-19H2,1H3. The Kier molecular flexibility index (Phi) is 8.33.